The van der Waals surface area contributed by atoms with Crippen LogP contribution in [-0.4, -0.2) is 71.1 Å². The minimum Gasteiger partial charge on any atom is -0.447 e. The molecule has 3 saturated heterocycles. The minimum absolute atomic E-state index is 0.0332. The molecule has 9 heteroatoms. The first-order chi connectivity index (χ1) is 25.4. The van der Waals surface area contributed by atoms with Gasteiger partial charge in [0.25, 0.3) is 0 Å². The maximum absolute atomic E-state index is 14.3. The Labute approximate surface area is 316 Å². The third kappa shape index (κ3) is 7.81. The molecule has 0 radical (unpaired) electrons. The number of likely N-dealkylation sites (tertiary alicyclic amines) is 1. The highest BCUT2D eigenvalue weighted by Gasteiger charge is 2.44. The second kappa shape index (κ2) is 15.2. The molecule has 1 aliphatic carbocycles. The van der Waals surface area contributed by atoms with Gasteiger partial charge in [-0.3, -0.25) is 20.1 Å². The first-order valence-corrected chi connectivity index (χ1v) is 19.8. The molecule has 2 N–H and O–H groups in total. The number of benzene rings is 2. The Bertz CT molecular complexity index is 1810. The summed E-state index contributed by atoms with van der Waals surface area (Å²) in [7, 11) is 0. The van der Waals surface area contributed by atoms with Gasteiger partial charge in [-0.25, -0.2) is 4.79 Å². The highest BCUT2D eigenvalue weighted by Crippen LogP contribution is 2.50. The number of aryl methyl sites for hydroxylation is 2. The number of pyridine rings is 1. The predicted octanol–water partition coefficient (Wildman–Crippen LogP) is 8.24. The van der Waals surface area contributed by atoms with Gasteiger partial charge in [-0.1, -0.05) is 48.4 Å². The first kappa shape index (κ1) is 36.9. The largest absolute Gasteiger partial charge is 0.447 e. The fraction of sp³-hybridized carbons (Fsp3) is 0.545. The number of guanidine groups is 1. The van der Waals surface area contributed by atoms with Crippen molar-refractivity contribution < 1.29 is 14.3 Å². The predicted molar refractivity (Wildman–Crippen MR) is 211 cm³/mol. The summed E-state index contributed by atoms with van der Waals surface area (Å²) in [6, 6.07) is 18.0. The van der Waals surface area contributed by atoms with Gasteiger partial charge in [0.05, 0.1) is 17.6 Å². The van der Waals surface area contributed by atoms with Crippen LogP contribution in [0.3, 0.4) is 0 Å². The Morgan fingerprint density at radius 1 is 0.943 bits per heavy atom. The van der Waals surface area contributed by atoms with E-state index in [4.69, 9.17) is 9.73 Å². The molecule has 4 atom stereocenters. The van der Waals surface area contributed by atoms with Gasteiger partial charge in [0.2, 0.25) is 11.9 Å². The molecule has 8 rings (SSSR count). The van der Waals surface area contributed by atoms with Gasteiger partial charge in [-0.2, -0.15) is 0 Å². The van der Waals surface area contributed by atoms with Crippen LogP contribution < -0.4 is 10.6 Å². The van der Waals surface area contributed by atoms with E-state index in [9.17, 15) is 9.59 Å². The van der Waals surface area contributed by atoms with Gasteiger partial charge < -0.3 is 19.9 Å². The summed E-state index contributed by atoms with van der Waals surface area (Å²) >= 11 is 0. The number of rotatable bonds is 8. The van der Waals surface area contributed by atoms with E-state index in [1.807, 2.05) is 26.2 Å². The molecule has 2 amide bonds. The van der Waals surface area contributed by atoms with Crippen LogP contribution in [0, 0.1) is 25.7 Å². The van der Waals surface area contributed by atoms with Crippen molar-refractivity contribution in [2.45, 2.75) is 116 Å². The van der Waals surface area contributed by atoms with E-state index in [0.29, 0.717) is 30.4 Å². The molecule has 3 aromatic rings. The van der Waals surface area contributed by atoms with Crippen LogP contribution >= 0.6 is 0 Å². The minimum atomic E-state index is -0.647. The van der Waals surface area contributed by atoms with Crippen molar-refractivity contribution in [3.05, 3.63) is 94.3 Å². The van der Waals surface area contributed by atoms with Crippen LogP contribution in [0.5, 0.6) is 0 Å². The summed E-state index contributed by atoms with van der Waals surface area (Å²) in [5.41, 5.74) is 7.71. The number of amides is 2. The number of hydrogen-bond acceptors (Lipinski definition) is 6. The topological polar surface area (TPSA) is 99.2 Å². The number of anilines is 1. The molecule has 2 bridgehead atoms. The highest BCUT2D eigenvalue weighted by molar-refractivity contribution is 5.94. The lowest BCUT2D eigenvalue weighted by molar-refractivity contribution is -0.144. The molecule has 9 nitrogen and oxygen atoms in total. The van der Waals surface area contributed by atoms with E-state index in [-0.39, 0.29) is 29.9 Å². The standard InChI is InChI=1S/C44H58N6O3/c1-27(2)53-43(52)48-42(49-19-16-33(26-49)32-14-17-45-18-15-32)46-24-30(5)39-37-23-35(44(6,7)41(51)50-25-31-8-11-36(50)12-9-31)10-13-38(37)47-40(39)34-21-28(3)20-29(4)22-34/h10,13-15,17-18,20-23,27,30-31,33,36,39-40,47H,8-9,11-12,16,19,24-26H2,1-7H3,(H,46,48,52)/t30-,31?,33?,36?,39?,40?/m1/s1. The molecule has 282 valence electrons. The van der Waals surface area contributed by atoms with Crippen molar-refractivity contribution in [2.24, 2.45) is 16.8 Å². The smallest absolute Gasteiger partial charge is 0.414 e. The molecule has 1 saturated carbocycles. The lowest BCUT2D eigenvalue weighted by atomic mass is 9.75. The zero-order valence-electron chi connectivity index (χ0n) is 32.7. The summed E-state index contributed by atoms with van der Waals surface area (Å²) in [5.74, 6) is 1.95. The summed E-state index contributed by atoms with van der Waals surface area (Å²) in [6.07, 6.45) is 8.67. The number of alkyl carbamates (subject to hydrolysis) is 1. The molecule has 2 aromatic carbocycles. The third-order valence-electron chi connectivity index (χ3n) is 12.3. The number of piperidine rings is 2. The lowest BCUT2D eigenvalue weighted by Gasteiger charge is -2.48. The zero-order valence-corrected chi connectivity index (χ0v) is 32.7. The molecule has 5 aliphatic rings. The second-order valence-corrected chi connectivity index (χ2v) is 17.1. The van der Waals surface area contributed by atoms with Gasteiger partial charge >= 0.3 is 6.09 Å². The second-order valence-electron chi connectivity index (χ2n) is 17.1. The van der Waals surface area contributed by atoms with Crippen LogP contribution in [0.25, 0.3) is 0 Å². The van der Waals surface area contributed by atoms with Gasteiger partial charge in [0.15, 0.2) is 0 Å². The normalized spacial score (nSPS) is 24.6. The average Bonchev–Trinajstić information content (AvgIpc) is 3.79. The van der Waals surface area contributed by atoms with E-state index in [1.165, 1.54) is 40.7 Å². The first-order valence-electron chi connectivity index (χ1n) is 19.8. The molecule has 4 aliphatic heterocycles. The number of ether oxygens (including phenoxy) is 1. The highest BCUT2D eigenvalue weighted by atomic mass is 16.6. The number of fused-ring (bicyclic) bond motifs is 4. The SMILES string of the molecule is Cc1cc(C)cc(C2Nc3ccc(C(C)(C)C(=O)N4CC5CCC4CC5)cc3C2[C@H](C)CN=C(NC(=O)OC(C)C)N2CCC(c3ccncc3)C2)c1. The maximum atomic E-state index is 14.3. The van der Waals surface area contributed by atoms with Crippen molar-refractivity contribution in [3.8, 4) is 0 Å². The Morgan fingerprint density at radius 2 is 1.66 bits per heavy atom. The molecular weight excluding hydrogens is 661 g/mol. The number of nitrogens with one attached hydrogen (secondary N) is 2. The number of aromatic nitrogens is 1. The Kier molecular flexibility index (Phi) is 10.6. The number of aliphatic imine (C=N–C) groups is 1. The summed E-state index contributed by atoms with van der Waals surface area (Å²) in [6.45, 7) is 17.4. The van der Waals surface area contributed by atoms with Crippen molar-refractivity contribution in [3.63, 3.8) is 0 Å². The molecule has 0 spiro atoms. The fourth-order valence-electron chi connectivity index (χ4n) is 9.47. The number of carbonyl (C=O) groups is 2. The summed E-state index contributed by atoms with van der Waals surface area (Å²) < 4.78 is 5.52. The molecule has 3 unspecified atom stereocenters. The quantitative estimate of drug-likeness (QED) is 0.180. The Balaban J connectivity index is 1.19. The molecule has 1 aromatic heterocycles. The van der Waals surface area contributed by atoms with Gasteiger partial charge in [0.1, 0.15) is 0 Å². The van der Waals surface area contributed by atoms with Crippen molar-refractivity contribution in [1.82, 2.24) is 20.1 Å². The van der Waals surface area contributed by atoms with Crippen molar-refractivity contribution in [1.29, 1.82) is 0 Å². The maximum Gasteiger partial charge on any atom is 0.414 e. The van der Waals surface area contributed by atoms with Crippen LogP contribution in [0.1, 0.15) is 118 Å². The monoisotopic (exact) mass is 718 g/mol. The zero-order chi connectivity index (χ0) is 37.4. The third-order valence-corrected chi connectivity index (χ3v) is 12.3. The van der Waals surface area contributed by atoms with Crippen molar-refractivity contribution >= 4 is 23.6 Å². The molecule has 5 heterocycles. The lowest BCUT2D eigenvalue weighted by Crippen LogP contribution is -2.55. The van der Waals surface area contributed by atoms with Crippen molar-refractivity contribution in [2.75, 3.05) is 31.5 Å². The van der Waals surface area contributed by atoms with E-state index in [1.54, 1.807) is 0 Å². The van der Waals surface area contributed by atoms with Gasteiger partial charge in [-0.15, -0.1) is 0 Å². The van der Waals surface area contributed by atoms with Crippen LogP contribution in [-0.2, 0) is 14.9 Å². The Morgan fingerprint density at radius 3 is 2.32 bits per heavy atom. The number of carbonyl (C=O) groups excluding carboxylic acids is 2. The number of hydrogen-bond donors (Lipinski definition) is 2. The van der Waals surface area contributed by atoms with E-state index in [2.05, 4.69) is 109 Å². The number of nitrogens with zero attached hydrogens (tertiary/aromatic N) is 4. The molecular formula is C44H58N6O3. The fourth-order valence-corrected chi connectivity index (χ4v) is 9.47. The average molecular weight is 719 g/mol. The molecule has 53 heavy (non-hydrogen) atoms. The van der Waals surface area contributed by atoms with Crippen LogP contribution in [0.15, 0.2) is 65.9 Å². The molecule has 4 fully saturated rings. The van der Waals surface area contributed by atoms with E-state index >= 15 is 0 Å². The van der Waals surface area contributed by atoms with E-state index < -0.39 is 11.5 Å². The Hall–Kier alpha value is -4.40. The van der Waals surface area contributed by atoms with Gasteiger partial charge in [-0.05, 0) is 126 Å². The van der Waals surface area contributed by atoms with E-state index in [0.717, 1.165) is 50.1 Å². The van der Waals surface area contributed by atoms with Gasteiger partial charge in [0, 0.05) is 62.1 Å². The summed E-state index contributed by atoms with van der Waals surface area (Å²) in [5, 5.41) is 6.91. The van der Waals surface area contributed by atoms with Crippen LogP contribution in [0.4, 0.5) is 10.5 Å². The van der Waals surface area contributed by atoms with Crippen LogP contribution in [0.2, 0.25) is 0 Å². The summed E-state index contributed by atoms with van der Waals surface area (Å²) in [4.78, 5) is 41.0.